The normalized spacial score (nSPS) is 19.0. The molecule has 2 amide bonds. The van der Waals surface area contributed by atoms with Crippen LogP contribution in [0, 0.1) is 12.7 Å². The van der Waals surface area contributed by atoms with E-state index >= 15 is 0 Å². The summed E-state index contributed by atoms with van der Waals surface area (Å²) < 4.78 is 40.9. The molecule has 0 bridgehead atoms. The van der Waals surface area contributed by atoms with Crippen molar-refractivity contribution >= 4 is 21.8 Å². The largest absolute Gasteiger partial charge is 0.328 e. The fourth-order valence-electron chi connectivity index (χ4n) is 3.16. The average molecular weight is 404 g/mol. The van der Waals surface area contributed by atoms with Gasteiger partial charge in [0.25, 0.3) is 15.9 Å². The highest BCUT2D eigenvalue weighted by Gasteiger charge is 2.50. The molecule has 6 nitrogen and oxygen atoms in total. The summed E-state index contributed by atoms with van der Waals surface area (Å²) in [4.78, 5) is 26.0. The maximum Gasteiger partial charge on any atom is 0.267 e. The van der Waals surface area contributed by atoms with Crippen molar-refractivity contribution in [3.05, 3.63) is 65.5 Å². The highest BCUT2D eigenvalue weighted by atomic mass is 32.2. The molecule has 2 aromatic carbocycles. The van der Waals surface area contributed by atoms with Gasteiger partial charge in [0, 0.05) is 6.54 Å². The van der Waals surface area contributed by atoms with Gasteiger partial charge in [-0.2, -0.15) is 0 Å². The summed E-state index contributed by atoms with van der Waals surface area (Å²) in [5, 5.41) is 0. The molecule has 1 N–H and O–H groups in total. The predicted molar refractivity (Wildman–Crippen MR) is 101 cm³/mol. The molecule has 3 rings (SSSR count). The first-order valence-electron chi connectivity index (χ1n) is 8.81. The van der Waals surface area contributed by atoms with E-state index in [9.17, 15) is 22.4 Å². The van der Waals surface area contributed by atoms with Gasteiger partial charge in [0.05, 0.1) is 6.42 Å². The molecule has 0 spiro atoms. The SMILES string of the molecule is Cc1ccc(F)c(S(=O)(=O)NC(=O)C2(C)CCN2C(=O)Cc2ccccc2)c1. The van der Waals surface area contributed by atoms with Crippen molar-refractivity contribution in [2.75, 3.05) is 6.54 Å². The van der Waals surface area contributed by atoms with Crippen molar-refractivity contribution in [2.45, 2.75) is 37.1 Å². The molecule has 8 heteroatoms. The summed E-state index contributed by atoms with van der Waals surface area (Å²) >= 11 is 0. The minimum Gasteiger partial charge on any atom is -0.328 e. The summed E-state index contributed by atoms with van der Waals surface area (Å²) in [7, 11) is -4.39. The molecule has 0 radical (unpaired) electrons. The molecular weight excluding hydrogens is 383 g/mol. The third-order valence-electron chi connectivity index (χ3n) is 5.01. The Bertz CT molecular complexity index is 1020. The van der Waals surface area contributed by atoms with Gasteiger partial charge in [-0.3, -0.25) is 9.59 Å². The Morgan fingerprint density at radius 1 is 1.18 bits per heavy atom. The first kappa shape index (κ1) is 20.0. The zero-order valence-corrected chi connectivity index (χ0v) is 16.4. The van der Waals surface area contributed by atoms with Gasteiger partial charge in [-0.25, -0.2) is 17.5 Å². The fourth-order valence-corrected chi connectivity index (χ4v) is 4.40. The van der Waals surface area contributed by atoms with Crippen LogP contribution in [-0.4, -0.2) is 37.2 Å². The molecule has 0 aliphatic carbocycles. The maximum absolute atomic E-state index is 14.0. The van der Waals surface area contributed by atoms with Gasteiger partial charge in [-0.05, 0) is 43.5 Å². The third-order valence-corrected chi connectivity index (χ3v) is 6.36. The van der Waals surface area contributed by atoms with E-state index in [-0.39, 0.29) is 12.3 Å². The predicted octanol–water partition coefficient (Wildman–Crippen LogP) is 2.17. The van der Waals surface area contributed by atoms with Crippen LogP contribution in [0.5, 0.6) is 0 Å². The number of hydrogen-bond donors (Lipinski definition) is 1. The minimum absolute atomic E-state index is 0.114. The molecule has 1 aliphatic heterocycles. The van der Waals surface area contributed by atoms with E-state index in [1.807, 2.05) is 22.9 Å². The number of nitrogens with one attached hydrogen (secondary N) is 1. The van der Waals surface area contributed by atoms with Gasteiger partial charge in [0.2, 0.25) is 5.91 Å². The molecule has 0 aromatic heterocycles. The molecule has 28 heavy (non-hydrogen) atoms. The first-order valence-corrected chi connectivity index (χ1v) is 10.3. The average Bonchev–Trinajstić information content (AvgIpc) is 2.62. The van der Waals surface area contributed by atoms with Gasteiger partial charge in [-0.15, -0.1) is 0 Å². The van der Waals surface area contributed by atoms with Gasteiger partial charge >= 0.3 is 0 Å². The number of carbonyl (C=O) groups is 2. The second-order valence-corrected chi connectivity index (χ2v) is 8.75. The number of hydrogen-bond acceptors (Lipinski definition) is 4. The number of nitrogens with zero attached hydrogens (tertiary/aromatic N) is 1. The van der Waals surface area contributed by atoms with Crippen molar-refractivity contribution < 1.29 is 22.4 Å². The Kier molecular flexibility index (Phi) is 5.25. The van der Waals surface area contributed by atoms with Crippen LogP contribution < -0.4 is 4.72 Å². The van der Waals surface area contributed by atoms with Gasteiger partial charge in [0.1, 0.15) is 16.3 Å². The molecule has 2 aromatic rings. The van der Waals surface area contributed by atoms with E-state index in [4.69, 9.17) is 0 Å². The summed E-state index contributed by atoms with van der Waals surface area (Å²) in [5.41, 5.74) is 0.0551. The number of aryl methyl sites for hydroxylation is 1. The maximum atomic E-state index is 14.0. The smallest absolute Gasteiger partial charge is 0.267 e. The van der Waals surface area contributed by atoms with E-state index in [2.05, 4.69) is 0 Å². The summed E-state index contributed by atoms with van der Waals surface area (Å²) in [6.45, 7) is 3.49. The van der Waals surface area contributed by atoms with Crippen molar-refractivity contribution in [2.24, 2.45) is 0 Å². The van der Waals surface area contributed by atoms with E-state index in [1.165, 1.54) is 17.9 Å². The third kappa shape index (κ3) is 3.77. The zero-order chi connectivity index (χ0) is 20.5. The molecule has 1 fully saturated rings. The number of benzene rings is 2. The van der Waals surface area contributed by atoms with Crippen molar-refractivity contribution in [3.63, 3.8) is 0 Å². The van der Waals surface area contributed by atoms with Crippen LogP contribution in [0.2, 0.25) is 0 Å². The van der Waals surface area contributed by atoms with Crippen LogP contribution in [0.4, 0.5) is 4.39 Å². The Balaban J connectivity index is 1.76. The van der Waals surface area contributed by atoms with Crippen LogP contribution in [-0.2, 0) is 26.0 Å². The minimum atomic E-state index is -4.39. The van der Waals surface area contributed by atoms with Crippen LogP contribution in [0.15, 0.2) is 53.4 Å². The molecular formula is C20H21FN2O4S. The molecule has 0 saturated carbocycles. The molecule has 1 heterocycles. The number of halogens is 1. The lowest BCUT2D eigenvalue weighted by molar-refractivity contribution is -0.156. The van der Waals surface area contributed by atoms with Crippen LogP contribution in [0.25, 0.3) is 0 Å². The fraction of sp³-hybridized carbons (Fsp3) is 0.300. The summed E-state index contributed by atoms with van der Waals surface area (Å²) in [5.74, 6) is -2.06. The van der Waals surface area contributed by atoms with E-state index in [0.29, 0.717) is 18.5 Å². The highest BCUT2D eigenvalue weighted by molar-refractivity contribution is 7.90. The van der Waals surface area contributed by atoms with Gasteiger partial charge in [0.15, 0.2) is 0 Å². The Hall–Kier alpha value is -2.74. The lowest BCUT2D eigenvalue weighted by Crippen LogP contribution is -2.68. The van der Waals surface area contributed by atoms with Crippen molar-refractivity contribution in [1.82, 2.24) is 9.62 Å². The summed E-state index contributed by atoms with van der Waals surface area (Å²) in [6, 6.07) is 12.7. The lowest BCUT2D eigenvalue weighted by Gasteiger charge is -2.49. The van der Waals surface area contributed by atoms with E-state index in [0.717, 1.165) is 17.7 Å². The van der Waals surface area contributed by atoms with Crippen LogP contribution in [0.1, 0.15) is 24.5 Å². The molecule has 1 atom stereocenters. The number of carbonyl (C=O) groups excluding carboxylic acids is 2. The topological polar surface area (TPSA) is 83.6 Å². The number of likely N-dealkylation sites (tertiary alicyclic amines) is 1. The van der Waals surface area contributed by atoms with E-state index < -0.39 is 32.2 Å². The monoisotopic (exact) mass is 404 g/mol. The second-order valence-electron chi connectivity index (χ2n) is 7.10. The zero-order valence-electron chi connectivity index (χ0n) is 15.6. The Labute approximate surface area is 163 Å². The number of rotatable bonds is 5. The number of amides is 2. The number of sulfonamides is 1. The van der Waals surface area contributed by atoms with E-state index in [1.54, 1.807) is 19.1 Å². The second kappa shape index (κ2) is 7.35. The van der Waals surface area contributed by atoms with Gasteiger partial charge in [-0.1, -0.05) is 36.4 Å². The molecule has 1 unspecified atom stereocenters. The molecule has 1 saturated heterocycles. The quantitative estimate of drug-likeness (QED) is 0.828. The first-order chi connectivity index (χ1) is 13.1. The van der Waals surface area contributed by atoms with Gasteiger partial charge < -0.3 is 4.90 Å². The highest BCUT2D eigenvalue weighted by Crippen LogP contribution is 2.32. The Morgan fingerprint density at radius 3 is 2.46 bits per heavy atom. The molecule has 1 aliphatic rings. The van der Waals surface area contributed by atoms with Crippen molar-refractivity contribution in [1.29, 1.82) is 0 Å². The standard InChI is InChI=1S/C20H21FN2O4S/c1-14-8-9-16(21)17(12-14)28(26,27)22-19(25)20(2)10-11-23(20)18(24)13-15-6-4-3-5-7-15/h3-9,12H,10-11,13H2,1-2H3,(H,22,25). The Morgan fingerprint density at radius 2 is 1.86 bits per heavy atom. The van der Waals surface area contributed by atoms with Crippen LogP contribution in [0.3, 0.4) is 0 Å². The van der Waals surface area contributed by atoms with Crippen molar-refractivity contribution in [3.8, 4) is 0 Å². The molecule has 148 valence electrons. The summed E-state index contributed by atoms with van der Waals surface area (Å²) in [6.07, 6.45) is 0.439. The van der Waals surface area contributed by atoms with Crippen LogP contribution >= 0.6 is 0 Å². The lowest BCUT2D eigenvalue weighted by atomic mass is 9.85.